The molecule has 4 nitrogen and oxygen atoms in total. The molecular weight excluding hydrogens is 289 g/mol. The Labute approximate surface area is 122 Å². The van der Waals surface area contributed by atoms with Crippen LogP contribution in [0.15, 0.2) is 18.2 Å². The highest BCUT2D eigenvalue weighted by atomic mass is 35.5. The molecule has 0 saturated heterocycles. The summed E-state index contributed by atoms with van der Waals surface area (Å²) in [7, 11) is 1.31. The maximum atomic E-state index is 12.0. The summed E-state index contributed by atoms with van der Waals surface area (Å²) in [6, 6.07) is 4.35. The lowest BCUT2D eigenvalue weighted by molar-refractivity contribution is -0.141. The molecule has 1 N–H and O–H groups in total. The van der Waals surface area contributed by atoms with Gasteiger partial charge in [-0.05, 0) is 24.6 Å². The van der Waals surface area contributed by atoms with Crippen LogP contribution in [0.4, 0.5) is 0 Å². The SMILES string of the molecule is CCC(CC(=O)OC)NC(=O)c1ccc(Cl)cc1Cl. The second-order valence-corrected chi connectivity index (χ2v) is 4.83. The lowest BCUT2D eigenvalue weighted by atomic mass is 10.1. The Balaban J connectivity index is 2.74. The number of rotatable bonds is 5. The standard InChI is InChI=1S/C13H15Cl2NO3/c1-3-9(7-12(17)19-2)16-13(18)10-5-4-8(14)6-11(10)15/h4-6,9H,3,7H2,1-2H3,(H,16,18). The Morgan fingerprint density at radius 2 is 2.05 bits per heavy atom. The number of halogens is 2. The summed E-state index contributed by atoms with van der Waals surface area (Å²) < 4.78 is 4.58. The van der Waals surface area contributed by atoms with Gasteiger partial charge in [0.25, 0.3) is 5.91 Å². The van der Waals surface area contributed by atoms with E-state index >= 15 is 0 Å². The Morgan fingerprint density at radius 1 is 1.37 bits per heavy atom. The molecular formula is C13H15Cl2NO3. The number of nitrogens with one attached hydrogen (secondary N) is 1. The summed E-state index contributed by atoms with van der Waals surface area (Å²) in [5.41, 5.74) is 0.328. The van der Waals surface area contributed by atoms with E-state index in [0.29, 0.717) is 17.0 Å². The third-order valence-corrected chi connectivity index (χ3v) is 3.19. The second-order valence-electron chi connectivity index (χ2n) is 3.98. The van der Waals surface area contributed by atoms with Gasteiger partial charge < -0.3 is 10.1 Å². The van der Waals surface area contributed by atoms with Gasteiger partial charge in [-0.25, -0.2) is 0 Å². The van der Waals surface area contributed by atoms with Crippen molar-refractivity contribution in [3.8, 4) is 0 Å². The van der Waals surface area contributed by atoms with E-state index in [9.17, 15) is 9.59 Å². The number of benzene rings is 1. The molecule has 104 valence electrons. The first-order chi connectivity index (χ1) is 8.97. The van der Waals surface area contributed by atoms with E-state index in [1.165, 1.54) is 13.2 Å². The number of amides is 1. The van der Waals surface area contributed by atoms with Crippen molar-refractivity contribution in [1.82, 2.24) is 5.32 Å². The molecule has 0 aromatic heterocycles. The molecule has 1 amide bonds. The molecule has 0 heterocycles. The fourth-order valence-corrected chi connectivity index (χ4v) is 2.01. The molecule has 1 aromatic rings. The van der Waals surface area contributed by atoms with Gasteiger partial charge in [0, 0.05) is 11.1 Å². The van der Waals surface area contributed by atoms with Crippen LogP contribution in [0.5, 0.6) is 0 Å². The summed E-state index contributed by atoms with van der Waals surface area (Å²) in [4.78, 5) is 23.2. The van der Waals surface area contributed by atoms with Crippen LogP contribution in [0.2, 0.25) is 10.0 Å². The van der Waals surface area contributed by atoms with Gasteiger partial charge in [-0.1, -0.05) is 30.1 Å². The monoisotopic (exact) mass is 303 g/mol. The third kappa shape index (κ3) is 4.73. The van der Waals surface area contributed by atoms with Crippen LogP contribution in [-0.4, -0.2) is 25.0 Å². The van der Waals surface area contributed by atoms with E-state index in [1.54, 1.807) is 12.1 Å². The molecule has 1 aromatic carbocycles. The normalized spacial score (nSPS) is 11.8. The number of carbonyl (C=O) groups is 2. The fourth-order valence-electron chi connectivity index (χ4n) is 1.52. The highest BCUT2D eigenvalue weighted by Crippen LogP contribution is 2.21. The minimum atomic E-state index is -0.366. The first-order valence-corrected chi connectivity index (χ1v) is 6.56. The van der Waals surface area contributed by atoms with Crippen molar-refractivity contribution >= 4 is 35.1 Å². The van der Waals surface area contributed by atoms with Crippen molar-refractivity contribution in [2.45, 2.75) is 25.8 Å². The van der Waals surface area contributed by atoms with Crippen LogP contribution >= 0.6 is 23.2 Å². The number of esters is 1. The van der Waals surface area contributed by atoms with Crippen LogP contribution < -0.4 is 5.32 Å². The number of hydrogen-bond acceptors (Lipinski definition) is 3. The van der Waals surface area contributed by atoms with Crippen LogP contribution in [0.3, 0.4) is 0 Å². The maximum Gasteiger partial charge on any atom is 0.307 e. The molecule has 0 radical (unpaired) electrons. The molecule has 1 atom stereocenters. The predicted octanol–water partition coefficient (Wildman–Crippen LogP) is 3.06. The third-order valence-electron chi connectivity index (χ3n) is 2.64. The van der Waals surface area contributed by atoms with Gasteiger partial charge in [-0.15, -0.1) is 0 Å². The summed E-state index contributed by atoms with van der Waals surface area (Å²) >= 11 is 11.7. The minimum Gasteiger partial charge on any atom is -0.469 e. The van der Waals surface area contributed by atoms with Crippen molar-refractivity contribution in [1.29, 1.82) is 0 Å². The van der Waals surface area contributed by atoms with E-state index in [0.717, 1.165) is 0 Å². The van der Waals surface area contributed by atoms with Crippen molar-refractivity contribution in [2.24, 2.45) is 0 Å². The number of carbonyl (C=O) groups excluding carboxylic acids is 2. The van der Waals surface area contributed by atoms with Crippen LogP contribution in [-0.2, 0) is 9.53 Å². The van der Waals surface area contributed by atoms with Crippen LogP contribution in [0.25, 0.3) is 0 Å². The Kier molecular flexibility index (Phi) is 6.12. The zero-order valence-corrected chi connectivity index (χ0v) is 12.2. The van der Waals surface area contributed by atoms with E-state index in [4.69, 9.17) is 23.2 Å². The zero-order chi connectivity index (χ0) is 14.4. The molecule has 0 bridgehead atoms. The maximum absolute atomic E-state index is 12.0. The highest BCUT2D eigenvalue weighted by Gasteiger charge is 2.17. The molecule has 0 saturated carbocycles. The predicted molar refractivity (Wildman–Crippen MR) is 74.6 cm³/mol. The molecule has 0 aliphatic rings. The smallest absolute Gasteiger partial charge is 0.307 e. The summed E-state index contributed by atoms with van der Waals surface area (Å²) in [5.74, 6) is -0.702. The largest absolute Gasteiger partial charge is 0.469 e. The minimum absolute atomic E-state index is 0.129. The van der Waals surface area contributed by atoms with Crippen LogP contribution in [0.1, 0.15) is 30.1 Å². The lowest BCUT2D eigenvalue weighted by Gasteiger charge is -2.16. The molecule has 0 fully saturated rings. The van der Waals surface area contributed by atoms with Crippen molar-refractivity contribution in [3.63, 3.8) is 0 Å². The second kappa shape index (κ2) is 7.36. The quantitative estimate of drug-likeness (QED) is 0.851. The molecule has 0 aliphatic heterocycles. The summed E-state index contributed by atoms with van der Waals surface area (Å²) in [6.45, 7) is 1.87. The number of methoxy groups -OCH3 is 1. The topological polar surface area (TPSA) is 55.4 Å². The van der Waals surface area contributed by atoms with E-state index in [-0.39, 0.29) is 29.4 Å². The Morgan fingerprint density at radius 3 is 2.58 bits per heavy atom. The van der Waals surface area contributed by atoms with Gasteiger partial charge in [0.05, 0.1) is 24.1 Å². The van der Waals surface area contributed by atoms with E-state index < -0.39 is 0 Å². The van der Waals surface area contributed by atoms with Crippen molar-refractivity contribution in [3.05, 3.63) is 33.8 Å². The molecule has 0 spiro atoms. The summed E-state index contributed by atoms with van der Waals surface area (Å²) in [6.07, 6.45) is 0.746. The van der Waals surface area contributed by atoms with Gasteiger partial charge in [-0.2, -0.15) is 0 Å². The van der Waals surface area contributed by atoms with Crippen molar-refractivity contribution in [2.75, 3.05) is 7.11 Å². The molecule has 6 heteroatoms. The van der Waals surface area contributed by atoms with Gasteiger partial charge in [-0.3, -0.25) is 9.59 Å². The molecule has 1 unspecified atom stereocenters. The van der Waals surface area contributed by atoms with Crippen LogP contribution in [0, 0.1) is 0 Å². The first-order valence-electron chi connectivity index (χ1n) is 5.80. The van der Waals surface area contributed by atoms with E-state index in [2.05, 4.69) is 10.1 Å². The molecule has 1 rings (SSSR count). The summed E-state index contributed by atoms with van der Waals surface area (Å²) in [5, 5.41) is 3.48. The molecule has 0 aliphatic carbocycles. The number of hydrogen-bond donors (Lipinski definition) is 1. The molecule has 19 heavy (non-hydrogen) atoms. The van der Waals surface area contributed by atoms with Crippen molar-refractivity contribution < 1.29 is 14.3 Å². The average molecular weight is 304 g/mol. The Bertz CT molecular complexity index is 477. The number of ether oxygens (including phenoxy) is 1. The van der Waals surface area contributed by atoms with Gasteiger partial charge in [0.1, 0.15) is 0 Å². The average Bonchev–Trinajstić information content (AvgIpc) is 2.37. The van der Waals surface area contributed by atoms with Gasteiger partial charge >= 0.3 is 5.97 Å². The lowest BCUT2D eigenvalue weighted by Crippen LogP contribution is -2.36. The first kappa shape index (κ1) is 15.8. The zero-order valence-electron chi connectivity index (χ0n) is 10.7. The van der Waals surface area contributed by atoms with Gasteiger partial charge in [0.2, 0.25) is 0 Å². The highest BCUT2D eigenvalue weighted by molar-refractivity contribution is 6.36. The fraction of sp³-hybridized carbons (Fsp3) is 0.385. The van der Waals surface area contributed by atoms with Gasteiger partial charge in [0.15, 0.2) is 0 Å². The van der Waals surface area contributed by atoms with E-state index in [1.807, 2.05) is 6.92 Å². The Hall–Kier alpha value is -1.26.